The zero-order valence-electron chi connectivity index (χ0n) is 19.2. The zero-order chi connectivity index (χ0) is 23.9. The minimum absolute atomic E-state index is 0.0481. The van der Waals surface area contributed by atoms with Crippen LogP contribution in [0.2, 0.25) is 0 Å². The summed E-state index contributed by atoms with van der Waals surface area (Å²) in [5.41, 5.74) is 0.293. The van der Waals surface area contributed by atoms with Gasteiger partial charge < -0.3 is 20.5 Å². The summed E-state index contributed by atoms with van der Waals surface area (Å²) in [6, 6.07) is 9.50. The van der Waals surface area contributed by atoms with Crippen molar-refractivity contribution in [3.8, 4) is 0 Å². The number of esters is 1. The number of aromatic nitrogens is 1. The van der Waals surface area contributed by atoms with Crippen molar-refractivity contribution in [3.05, 3.63) is 57.8 Å². The molecule has 1 aromatic carbocycles. The number of carbonyl (C=O) groups excluding carboxylic acids is 1. The number of ether oxygens (including phenoxy) is 1. The van der Waals surface area contributed by atoms with Crippen molar-refractivity contribution < 1.29 is 19.6 Å². The second kappa shape index (κ2) is 8.87. The molecule has 0 radical (unpaired) electrons. The fourth-order valence-electron chi connectivity index (χ4n) is 6.48. The highest BCUT2D eigenvalue weighted by atomic mass is 16.6. The highest BCUT2D eigenvalue weighted by Gasteiger charge is 2.55. The maximum absolute atomic E-state index is 12.7. The van der Waals surface area contributed by atoms with Gasteiger partial charge in [-0.1, -0.05) is 30.3 Å². The Bertz CT molecular complexity index is 1080. The maximum Gasteiger partial charge on any atom is 0.342 e. The van der Waals surface area contributed by atoms with E-state index in [4.69, 9.17) is 4.74 Å². The molecule has 180 valence electrons. The first-order valence-electron chi connectivity index (χ1n) is 12.0. The quantitative estimate of drug-likeness (QED) is 0.301. The van der Waals surface area contributed by atoms with Gasteiger partial charge in [-0.15, -0.1) is 0 Å². The van der Waals surface area contributed by atoms with Gasteiger partial charge in [-0.3, -0.25) is 10.1 Å². The number of anilines is 2. The molecule has 9 nitrogen and oxygen atoms in total. The van der Waals surface area contributed by atoms with Crippen molar-refractivity contribution >= 4 is 23.2 Å². The third-order valence-electron chi connectivity index (χ3n) is 7.59. The Hall–Kier alpha value is -3.20. The Labute approximate surface area is 198 Å². The lowest BCUT2D eigenvalue weighted by molar-refractivity contribution is -0.383. The second-order valence-corrected chi connectivity index (χ2v) is 9.93. The lowest BCUT2D eigenvalue weighted by Crippen LogP contribution is -2.59. The molecule has 1 unspecified atom stereocenters. The number of rotatable bonds is 8. The summed E-state index contributed by atoms with van der Waals surface area (Å²) >= 11 is 0. The van der Waals surface area contributed by atoms with Gasteiger partial charge in [-0.25, -0.2) is 9.78 Å². The molecular weight excluding hydrogens is 436 g/mol. The molecule has 9 heteroatoms. The van der Waals surface area contributed by atoms with Gasteiger partial charge in [-0.05, 0) is 62.3 Å². The van der Waals surface area contributed by atoms with Gasteiger partial charge in [0, 0.05) is 18.8 Å². The van der Waals surface area contributed by atoms with Crippen molar-refractivity contribution in [2.75, 3.05) is 17.2 Å². The Morgan fingerprint density at radius 3 is 2.56 bits per heavy atom. The lowest BCUT2D eigenvalue weighted by Gasteiger charge is -2.58. The van der Waals surface area contributed by atoms with Crippen molar-refractivity contribution in [1.29, 1.82) is 0 Å². The predicted octanol–water partition coefficient (Wildman–Crippen LogP) is 4.13. The summed E-state index contributed by atoms with van der Waals surface area (Å²) in [5.74, 6) is 0.379. The van der Waals surface area contributed by atoms with Crippen LogP contribution in [0.1, 0.15) is 54.9 Å². The molecule has 0 spiro atoms. The number of nitrogens with zero attached hydrogens (tertiary/aromatic N) is 2. The van der Waals surface area contributed by atoms with Crippen LogP contribution < -0.4 is 10.6 Å². The molecule has 1 aromatic heterocycles. The monoisotopic (exact) mass is 466 g/mol. The molecule has 0 saturated heterocycles. The van der Waals surface area contributed by atoms with Crippen molar-refractivity contribution in [1.82, 2.24) is 4.98 Å². The largest absolute Gasteiger partial charge is 0.462 e. The van der Waals surface area contributed by atoms with E-state index in [-0.39, 0.29) is 47.2 Å². The highest BCUT2D eigenvalue weighted by molar-refractivity contribution is 5.99. The molecule has 4 saturated carbocycles. The summed E-state index contributed by atoms with van der Waals surface area (Å²) in [4.78, 5) is 28.8. The van der Waals surface area contributed by atoms with Crippen molar-refractivity contribution in [2.24, 2.45) is 17.8 Å². The molecule has 34 heavy (non-hydrogen) atoms. The first-order valence-corrected chi connectivity index (χ1v) is 12.0. The first kappa shape index (κ1) is 22.6. The molecule has 4 fully saturated rings. The van der Waals surface area contributed by atoms with E-state index in [2.05, 4.69) is 15.6 Å². The topological polar surface area (TPSA) is 127 Å². The smallest absolute Gasteiger partial charge is 0.342 e. The number of benzene rings is 1. The van der Waals surface area contributed by atoms with Gasteiger partial charge in [0.25, 0.3) is 0 Å². The molecule has 0 amide bonds. The lowest BCUT2D eigenvalue weighted by atomic mass is 9.52. The summed E-state index contributed by atoms with van der Waals surface area (Å²) in [7, 11) is 0. The summed E-state index contributed by atoms with van der Waals surface area (Å²) in [6.07, 6.45) is 5.55. The van der Waals surface area contributed by atoms with Crippen LogP contribution in [0.3, 0.4) is 0 Å². The van der Waals surface area contributed by atoms with Crippen LogP contribution in [-0.2, 0) is 11.3 Å². The molecule has 4 aliphatic rings. The normalized spacial score (nSPS) is 29.0. The number of hydrogen-bond donors (Lipinski definition) is 3. The number of nitro groups is 1. The van der Waals surface area contributed by atoms with Crippen molar-refractivity contribution in [3.63, 3.8) is 0 Å². The number of nitrogens with one attached hydrogen (secondary N) is 2. The fourth-order valence-corrected chi connectivity index (χ4v) is 6.48. The molecule has 5 atom stereocenters. The molecule has 4 aliphatic carbocycles. The number of hydrogen-bond acceptors (Lipinski definition) is 8. The Balaban J connectivity index is 1.50. The zero-order valence-corrected chi connectivity index (χ0v) is 19.2. The number of aliphatic hydroxyl groups is 1. The van der Waals surface area contributed by atoms with Crippen LogP contribution in [-0.4, -0.2) is 39.2 Å². The average molecular weight is 467 g/mol. The predicted molar refractivity (Wildman–Crippen MR) is 127 cm³/mol. The van der Waals surface area contributed by atoms with E-state index in [1.165, 1.54) is 6.20 Å². The molecule has 4 bridgehead atoms. The third-order valence-corrected chi connectivity index (χ3v) is 7.59. The molecule has 2 aromatic rings. The van der Waals surface area contributed by atoms with Gasteiger partial charge >= 0.3 is 11.7 Å². The molecule has 0 aliphatic heterocycles. The highest BCUT2D eigenvalue weighted by Crippen LogP contribution is 2.56. The van der Waals surface area contributed by atoms with E-state index < -0.39 is 16.5 Å². The van der Waals surface area contributed by atoms with Crippen LogP contribution in [0.15, 0.2) is 36.5 Å². The average Bonchev–Trinajstić information content (AvgIpc) is 2.79. The van der Waals surface area contributed by atoms with Crippen LogP contribution in [0.5, 0.6) is 0 Å². The van der Waals surface area contributed by atoms with E-state index in [0.29, 0.717) is 25.3 Å². The van der Waals surface area contributed by atoms with Crippen LogP contribution in [0.25, 0.3) is 0 Å². The van der Waals surface area contributed by atoms with Gasteiger partial charge in [0.1, 0.15) is 11.3 Å². The molecular formula is C25H30N4O5. The summed E-state index contributed by atoms with van der Waals surface area (Å²) in [6.45, 7) is 2.21. The van der Waals surface area contributed by atoms with Crippen LogP contribution in [0.4, 0.5) is 17.2 Å². The fraction of sp³-hybridized carbons (Fsp3) is 0.520. The second-order valence-electron chi connectivity index (χ2n) is 9.93. The van der Waals surface area contributed by atoms with E-state index >= 15 is 0 Å². The Morgan fingerprint density at radius 2 is 1.94 bits per heavy atom. The molecule has 6 rings (SSSR count). The number of pyridine rings is 1. The van der Waals surface area contributed by atoms with Gasteiger partial charge in [0.05, 0.1) is 17.1 Å². The number of carbonyl (C=O) groups is 1. The summed E-state index contributed by atoms with van der Waals surface area (Å²) in [5, 5.41) is 29.7. The van der Waals surface area contributed by atoms with Crippen molar-refractivity contribution in [2.45, 2.75) is 57.2 Å². The van der Waals surface area contributed by atoms with Crippen LogP contribution in [0, 0.1) is 27.9 Å². The van der Waals surface area contributed by atoms with E-state index in [0.717, 1.165) is 24.8 Å². The summed E-state index contributed by atoms with van der Waals surface area (Å²) < 4.78 is 5.19. The van der Waals surface area contributed by atoms with E-state index in [1.54, 1.807) is 6.92 Å². The molecule has 3 N–H and O–H groups in total. The van der Waals surface area contributed by atoms with E-state index in [1.807, 2.05) is 30.3 Å². The van der Waals surface area contributed by atoms with Gasteiger partial charge in [0.2, 0.25) is 5.82 Å². The van der Waals surface area contributed by atoms with Gasteiger partial charge in [0.15, 0.2) is 0 Å². The Morgan fingerprint density at radius 1 is 1.24 bits per heavy atom. The van der Waals surface area contributed by atoms with E-state index in [9.17, 15) is 20.0 Å². The SMILES string of the molecule is CCOC(=O)c1cnc(NCc2ccccc2)c([N+](=O)[O-])c1N[C@H]1[C@@H]2CC3C[C@H]1C[C@](O)(C3)C2. The first-order chi connectivity index (χ1) is 16.4. The minimum atomic E-state index is -0.641. The standard InChI is InChI=1S/C25H30N4O5/c1-2-34-24(30)19-14-27-23(26-13-15-6-4-3-5-7-15)22(29(32)33)21(19)28-20-17-8-16-9-18(20)12-25(31,10-16)11-17/h3-7,14,16-18,20,31H,2,8-13H2,1H3,(H2,26,27,28)/t16?,17-,18+,20+,25+. The maximum atomic E-state index is 12.7. The molecule has 1 heterocycles. The minimum Gasteiger partial charge on any atom is -0.462 e. The Kier molecular flexibility index (Phi) is 5.89. The van der Waals surface area contributed by atoms with Crippen LogP contribution >= 0.6 is 0 Å². The van der Waals surface area contributed by atoms with Gasteiger partial charge in [-0.2, -0.15) is 0 Å². The third kappa shape index (κ3) is 4.20.